The van der Waals surface area contributed by atoms with Crippen molar-refractivity contribution in [3.8, 4) is 5.75 Å². The quantitative estimate of drug-likeness (QED) is 0.411. The van der Waals surface area contributed by atoms with E-state index in [9.17, 15) is 22.7 Å². The third kappa shape index (κ3) is 5.58. The predicted octanol–water partition coefficient (Wildman–Crippen LogP) is 2.72. The maximum Gasteiger partial charge on any atom is 0.261 e. The van der Waals surface area contributed by atoms with E-state index < -0.39 is 34.2 Å². The molecular formula is C26H26FN3O6S. The summed E-state index contributed by atoms with van der Waals surface area (Å²) in [5, 5.41) is 12.8. The van der Waals surface area contributed by atoms with Crippen LogP contribution in [-0.2, 0) is 26.1 Å². The van der Waals surface area contributed by atoms with E-state index >= 15 is 0 Å². The van der Waals surface area contributed by atoms with Gasteiger partial charge in [-0.2, -0.15) is 0 Å². The number of sulfonamides is 1. The van der Waals surface area contributed by atoms with E-state index in [1.54, 1.807) is 30.6 Å². The number of hydrogen-bond acceptors (Lipinski definition) is 7. The van der Waals surface area contributed by atoms with E-state index in [1.807, 2.05) is 12.1 Å². The first-order valence-corrected chi connectivity index (χ1v) is 13.3. The number of ether oxygens (including phenoxy) is 2. The zero-order valence-corrected chi connectivity index (χ0v) is 20.5. The molecule has 4 atom stereocenters. The SMILES string of the molecule is O=C(C[C@H]1C[C@H]2c3cc(NS(=O)(=O)c4ccc(F)cc4)ccc3O[C@H]2[C@@H](CO)O1)NCc1ccncc1. The second kappa shape index (κ2) is 10.4. The Balaban J connectivity index is 1.29. The Hall–Kier alpha value is -3.54. The summed E-state index contributed by atoms with van der Waals surface area (Å²) in [4.78, 5) is 16.5. The third-order valence-corrected chi connectivity index (χ3v) is 7.92. The maximum atomic E-state index is 13.2. The summed E-state index contributed by atoms with van der Waals surface area (Å²) >= 11 is 0. The van der Waals surface area contributed by atoms with Gasteiger partial charge in [0.25, 0.3) is 10.0 Å². The van der Waals surface area contributed by atoms with Crippen molar-refractivity contribution in [3.63, 3.8) is 0 Å². The molecule has 9 nitrogen and oxygen atoms in total. The van der Waals surface area contributed by atoms with Crippen molar-refractivity contribution in [1.82, 2.24) is 10.3 Å². The second-order valence-corrected chi connectivity index (χ2v) is 10.7. The summed E-state index contributed by atoms with van der Waals surface area (Å²) < 4.78 is 53.3. The van der Waals surface area contributed by atoms with Gasteiger partial charge in [0.05, 0.1) is 24.0 Å². The van der Waals surface area contributed by atoms with Crippen LogP contribution in [0.3, 0.4) is 0 Å². The Bertz CT molecular complexity index is 1370. The fraction of sp³-hybridized carbons (Fsp3) is 0.308. The first-order valence-electron chi connectivity index (χ1n) is 11.8. The van der Waals surface area contributed by atoms with Gasteiger partial charge in [0, 0.05) is 36.1 Å². The van der Waals surface area contributed by atoms with Crippen LogP contribution in [0.1, 0.15) is 29.9 Å². The van der Waals surface area contributed by atoms with Gasteiger partial charge >= 0.3 is 0 Å². The number of pyridine rings is 1. The number of halogens is 1. The highest BCUT2D eigenvalue weighted by Gasteiger charge is 2.46. The molecule has 1 saturated heterocycles. The molecule has 2 aliphatic heterocycles. The molecule has 5 rings (SSSR count). The third-order valence-electron chi connectivity index (χ3n) is 6.53. The van der Waals surface area contributed by atoms with Gasteiger partial charge in [0.1, 0.15) is 23.8 Å². The normalized spacial score (nSPS) is 22.4. The molecule has 37 heavy (non-hydrogen) atoms. The van der Waals surface area contributed by atoms with E-state index in [-0.39, 0.29) is 29.7 Å². The monoisotopic (exact) mass is 527 g/mol. The van der Waals surface area contributed by atoms with E-state index in [2.05, 4.69) is 15.0 Å². The van der Waals surface area contributed by atoms with E-state index in [0.717, 1.165) is 23.3 Å². The largest absolute Gasteiger partial charge is 0.487 e. The molecule has 2 aromatic carbocycles. The number of aromatic nitrogens is 1. The lowest BCUT2D eigenvalue weighted by Gasteiger charge is -2.37. The number of nitrogens with one attached hydrogen (secondary N) is 2. The number of nitrogens with zero attached hydrogens (tertiary/aromatic N) is 1. The van der Waals surface area contributed by atoms with Crippen molar-refractivity contribution < 1.29 is 32.2 Å². The summed E-state index contributed by atoms with van der Waals surface area (Å²) in [6.07, 6.45) is 2.34. The highest BCUT2D eigenvalue weighted by molar-refractivity contribution is 7.92. The lowest BCUT2D eigenvalue weighted by atomic mass is 9.84. The van der Waals surface area contributed by atoms with Crippen LogP contribution in [0.2, 0.25) is 0 Å². The standard InChI is InChI=1S/C26H26FN3O6S/c27-17-1-4-20(5-2-17)37(33,34)30-18-3-6-23-21(11-18)22-12-19(35-24(15-31)26(22)36-23)13-25(32)29-14-16-7-9-28-10-8-16/h1-11,19,22,24,26,30-31H,12-15H2,(H,29,32)/t19-,22+,24-,26-/m1/s1. The summed E-state index contributed by atoms with van der Waals surface area (Å²) in [6, 6.07) is 13.1. The van der Waals surface area contributed by atoms with Gasteiger partial charge in [0.15, 0.2) is 0 Å². The molecule has 0 bridgehead atoms. The highest BCUT2D eigenvalue weighted by Crippen LogP contribution is 2.47. The number of anilines is 1. The Morgan fingerprint density at radius 3 is 2.59 bits per heavy atom. The molecule has 194 valence electrons. The Labute approximate surface area is 213 Å². The molecule has 3 heterocycles. The van der Waals surface area contributed by atoms with E-state index in [1.165, 1.54) is 12.1 Å². The molecule has 1 amide bonds. The van der Waals surface area contributed by atoms with Gasteiger partial charge in [-0.3, -0.25) is 14.5 Å². The van der Waals surface area contributed by atoms with Gasteiger partial charge in [-0.1, -0.05) is 0 Å². The van der Waals surface area contributed by atoms with Crippen molar-refractivity contribution in [2.24, 2.45) is 0 Å². The summed E-state index contributed by atoms with van der Waals surface area (Å²) in [5.41, 5.74) is 2.02. The molecule has 1 fully saturated rings. The predicted molar refractivity (Wildman–Crippen MR) is 132 cm³/mol. The first kappa shape index (κ1) is 25.1. The van der Waals surface area contributed by atoms with Crippen molar-refractivity contribution in [3.05, 3.63) is 83.9 Å². The van der Waals surface area contributed by atoms with E-state index in [0.29, 0.717) is 24.4 Å². The minimum absolute atomic E-state index is 0.0622. The second-order valence-electron chi connectivity index (χ2n) is 9.05. The number of carbonyl (C=O) groups is 1. The average Bonchev–Trinajstić information content (AvgIpc) is 3.25. The number of aliphatic hydroxyl groups is 1. The van der Waals surface area contributed by atoms with Crippen LogP contribution in [-0.4, -0.2) is 49.3 Å². The lowest BCUT2D eigenvalue weighted by Crippen LogP contribution is -2.47. The number of amides is 1. The fourth-order valence-corrected chi connectivity index (χ4v) is 5.81. The lowest BCUT2D eigenvalue weighted by molar-refractivity contribution is -0.142. The van der Waals surface area contributed by atoms with Gasteiger partial charge < -0.3 is 19.9 Å². The Morgan fingerprint density at radius 1 is 1.11 bits per heavy atom. The minimum atomic E-state index is -3.93. The zero-order valence-electron chi connectivity index (χ0n) is 19.7. The molecule has 3 N–H and O–H groups in total. The highest BCUT2D eigenvalue weighted by atomic mass is 32.2. The number of aliphatic hydroxyl groups excluding tert-OH is 1. The van der Waals surface area contributed by atoms with Crippen LogP contribution in [0.15, 0.2) is 71.9 Å². The van der Waals surface area contributed by atoms with Crippen molar-refractivity contribution in [2.45, 2.75) is 48.5 Å². The molecule has 0 aliphatic carbocycles. The number of hydrogen-bond donors (Lipinski definition) is 3. The van der Waals surface area contributed by atoms with Crippen LogP contribution in [0.4, 0.5) is 10.1 Å². The van der Waals surface area contributed by atoms with Crippen molar-refractivity contribution >= 4 is 21.6 Å². The van der Waals surface area contributed by atoms with Gasteiger partial charge in [-0.15, -0.1) is 0 Å². The van der Waals surface area contributed by atoms with Gasteiger partial charge in [-0.05, 0) is 66.6 Å². The number of benzene rings is 2. The zero-order chi connectivity index (χ0) is 26.0. The van der Waals surface area contributed by atoms with Crippen LogP contribution in [0.5, 0.6) is 5.75 Å². The summed E-state index contributed by atoms with van der Waals surface area (Å²) in [5.74, 6) is -0.339. The van der Waals surface area contributed by atoms with Crippen LogP contribution < -0.4 is 14.8 Å². The van der Waals surface area contributed by atoms with Gasteiger partial charge in [-0.25, -0.2) is 12.8 Å². The van der Waals surface area contributed by atoms with Gasteiger partial charge in [0.2, 0.25) is 5.91 Å². The number of fused-ring (bicyclic) bond motifs is 3. The van der Waals surface area contributed by atoms with Crippen LogP contribution in [0, 0.1) is 5.82 Å². The molecule has 11 heteroatoms. The molecular weight excluding hydrogens is 501 g/mol. The number of rotatable bonds is 8. The summed E-state index contributed by atoms with van der Waals surface area (Å²) in [7, 11) is -3.93. The Morgan fingerprint density at radius 2 is 1.86 bits per heavy atom. The average molecular weight is 528 g/mol. The topological polar surface area (TPSA) is 127 Å². The van der Waals surface area contributed by atoms with Crippen LogP contribution >= 0.6 is 0 Å². The molecule has 3 aromatic rings. The molecule has 1 aromatic heterocycles. The minimum Gasteiger partial charge on any atom is -0.487 e. The van der Waals surface area contributed by atoms with E-state index in [4.69, 9.17) is 9.47 Å². The van der Waals surface area contributed by atoms with Crippen LogP contribution in [0.25, 0.3) is 0 Å². The summed E-state index contributed by atoms with van der Waals surface area (Å²) in [6.45, 7) is 0.0847. The maximum absolute atomic E-state index is 13.2. The first-order chi connectivity index (χ1) is 17.8. The molecule has 0 saturated carbocycles. The number of carbonyl (C=O) groups excluding carboxylic acids is 1. The molecule has 0 unspecified atom stereocenters. The fourth-order valence-electron chi connectivity index (χ4n) is 4.76. The Kier molecular flexibility index (Phi) is 7.09. The molecule has 0 radical (unpaired) electrons. The molecule has 2 aliphatic rings. The smallest absolute Gasteiger partial charge is 0.261 e. The van der Waals surface area contributed by atoms with Crippen molar-refractivity contribution in [1.29, 1.82) is 0 Å². The van der Waals surface area contributed by atoms with Crippen molar-refractivity contribution in [2.75, 3.05) is 11.3 Å². The molecule has 0 spiro atoms.